The van der Waals surface area contributed by atoms with Crippen LogP contribution in [0.25, 0.3) is 0 Å². The standard InChI is InChI=1S/C14H9Cl3FNO/c15-9-2-1-7(12(18)6-9)5-13(20)8-3-10(16)14(19)11(17)4-8/h1-4,6H,5,19H2. The number of nitrogen functional groups attached to an aromatic ring is 1. The van der Waals surface area contributed by atoms with E-state index in [1.165, 1.54) is 24.3 Å². The first-order chi connectivity index (χ1) is 9.38. The van der Waals surface area contributed by atoms with Gasteiger partial charge in [0, 0.05) is 17.0 Å². The average molecular weight is 333 g/mol. The van der Waals surface area contributed by atoms with E-state index in [-0.39, 0.29) is 44.1 Å². The molecule has 20 heavy (non-hydrogen) atoms. The van der Waals surface area contributed by atoms with Gasteiger partial charge in [0.05, 0.1) is 15.7 Å². The van der Waals surface area contributed by atoms with Gasteiger partial charge in [0.1, 0.15) is 5.82 Å². The molecule has 0 aromatic heterocycles. The number of carbonyl (C=O) groups is 1. The quantitative estimate of drug-likeness (QED) is 0.648. The smallest absolute Gasteiger partial charge is 0.167 e. The van der Waals surface area contributed by atoms with Crippen LogP contribution in [0, 0.1) is 5.82 Å². The fraction of sp³-hybridized carbons (Fsp3) is 0.0714. The van der Waals surface area contributed by atoms with Crippen LogP contribution in [0.2, 0.25) is 15.1 Å². The molecule has 104 valence electrons. The second-order valence-corrected chi connectivity index (χ2v) is 5.44. The van der Waals surface area contributed by atoms with Crippen molar-refractivity contribution in [1.82, 2.24) is 0 Å². The number of ketones is 1. The predicted molar refractivity (Wildman–Crippen MR) is 80.3 cm³/mol. The number of halogens is 4. The minimum Gasteiger partial charge on any atom is -0.396 e. The minimum atomic E-state index is -0.529. The zero-order valence-electron chi connectivity index (χ0n) is 10.1. The molecule has 0 amide bonds. The van der Waals surface area contributed by atoms with Crippen LogP contribution in [0.4, 0.5) is 10.1 Å². The SMILES string of the molecule is Nc1c(Cl)cc(C(=O)Cc2ccc(Cl)cc2F)cc1Cl. The molecule has 0 saturated heterocycles. The molecule has 0 saturated carbocycles. The number of nitrogens with two attached hydrogens (primary N) is 1. The maximum atomic E-state index is 13.6. The van der Waals surface area contributed by atoms with Gasteiger partial charge < -0.3 is 5.73 Å². The molecule has 0 unspecified atom stereocenters. The van der Waals surface area contributed by atoms with Gasteiger partial charge in [0.2, 0.25) is 0 Å². The fourth-order valence-electron chi connectivity index (χ4n) is 1.69. The van der Waals surface area contributed by atoms with Gasteiger partial charge in [0.15, 0.2) is 5.78 Å². The van der Waals surface area contributed by atoms with Gasteiger partial charge in [-0.1, -0.05) is 40.9 Å². The molecular formula is C14H9Cl3FNO. The van der Waals surface area contributed by atoms with Gasteiger partial charge in [-0.3, -0.25) is 4.79 Å². The second-order valence-electron chi connectivity index (χ2n) is 4.19. The van der Waals surface area contributed by atoms with E-state index in [0.29, 0.717) is 0 Å². The normalized spacial score (nSPS) is 10.6. The van der Waals surface area contributed by atoms with E-state index < -0.39 is 5.82 Å². The largest absolute Gasteiger partial charge is 0.396 e. The van der Waals surface area contributed by atoms with Crippen LogP contribution >= 0.6 is 34.8 Å². The van der Waals surface area contributed by atoms with Crippen molar-refractivity contribution in [2.24, 2.45) is 0 Å². The van der Waals surface area contributed by atoms with E-state index in [4.69, 9.17) is 40.5 Å². The summed E-state index contributed by atoms with van der Waals surface area (Å²) in [6.07, 6.45) is -0.112. The van der Waals surface area contributed by atoms with Crippen molar-refractivity contribution in [2.75, 3.05) is 5.73 Å². The van der Waals surface area contributed by atoms with Crippen LogP contribution < -0.4 is 5.73 Å². The lowest BCUT2D eigenvalue weighted by molar-refractivity contribution is 0.0992. The van der Waals surface area contributed by atoms with Crippen molar-refractivity contribution in [3.05, 3.63) is 62.3 Å². The summed E-state index contributed by atoms with van der Waals surface area (Å²) >= 11 is 17.4. The Morgan fingerprint density at radius 3 is 2.25 bits per heavy atom. The van der Waals surface area contributed by atoms with Gasteiger partial charge in [-0.25, -0.2) is 4.39 Å². The number of carbonyl (C=O) groups excluding carboxylic acids is 1. The Hall–Kier alpha value is -1.29. The molecule has 2 N–H and O–H groups in total. The summed E-state index contributed by atoms with van der Waals surface area (Å²) in [5, 5.41) is 0.659. The van der Waals surface area contributed by atoms with Gasteiger partial charge in [0.25, 0.3) is 0 Å². The Morgan fingerprint density at radius 2 is 1.70 bits per heavy atom. The Morgan fingerprint density at radius 1 is 1.10 bits per heavy atom. The highest BCUT2D eigenvalue weighted by atomic mass is 35.5. The second kappa shape index (κ2) is 6.00. The maximum absolute atomic E-state index is 13.6. The third kappa shape index (κ3) is 3.23. The van der Waals surface area contributed by atoms with Crippen LogP contribution in [0.5, 0.6) is 0 Å². The minimum absolute atomic E-state index is 0.112. The number of hydrogen-bond donors (Lipinski definition) is 1. The van der Waals surface area contributed by atoms with Crippen molar-refractivity contribution in [2.45, 2.75) is 6.42 Å². The first-order valence-corrected chi connectivity index (χ1v) is 6.73. The zero-order chi connectivity index (χ0) is 14.9. The zero-order valence-corrected chi connectivity index (χ0v) is 12.4. The van der Waals surface area contributed by atoms with Crippen molar-refractivity contribution in [3.63, 3.8) is 0 Å². The lowest BCUT2D eigenvalue weighted by atomic mass is 10.0. The molecule has 0 fully saturated rings. The molecule has 2 nitrogen and oxygen atoms in total. The molecule has 0 atom stereocenters. The predicted octanol–water partition coefficient (Wildman–Crippen LogP) is 4.79. The molecule has 2 aromatic rings. The molecule has 2 aromatic carbocycles. The Bertz CT molecular complexity index is 665. The highest BCUT2D eigenvalue weighted by molar-refractivity contribution is 6.39. The summed E-state index contributed by atoms with van der Waals surface area (Å²) in [6.45, 7) is 0. The lowest BCUT2D eigenvalue weighted by Crippen LogP contribution is -2.06. The topological polar surface area (TPSA) is 43.1 Å². The highest BCUT2D eigenvalue weighted by Crippen LogP contribution is 2.29. The van der Waals surface area contributed by atoms with Crippen LogP contribution in [0.1, 0.15) is 15.9 Å². The van der Waals surface area contributed by atoms with Crippen molar-refractivity contribution < 1.29 is 9.18 Å². The van der Waals surface area contributed by atoms with E-state index in [1.807, 2.05) is 0 Å². The molecule has 0 radical (unpaired) electrons. The summed E-state index contributed by atoms with van der Waals surface area (Å²) in [5.41, 5.74) is 6.34. The Balaban J connectivity index is 2.28. The van der Waals surface area contributed by atoms with Crippen LogP contribution in [-0.4, -0.2) is 5.78 Å². The first kappa shape index (κ1) is 15.1. The molecule has 0 aliphatic heterocycles. The third-order valence-corrected chi connectivity index (χ3v) is 3.63. The average Bonchev–Trinajstić information content (AvgIpc) is 2.38. The summed E-state index contributed by atoms with van der Waals surface area (Å²) in [5.74, 6) is -0.839. The number of anilines is 1. The molecule has 2 rings (SSSR count). The van der Waals surface area contributed by atoms with E-state index in [1.54, 1.807) is 0 Å². The molecular weight excluding hydrogens is 324 g/mol. The van der Waals surface area contributed by atoms with E-state index in [9.17, 15) is 9.18 Å². The van der Waals surface area contributed by atoms with Gasteiger partial charge >= 0.3 is 0 Å². The molecule has 0 bridgehead atoms. The number of Topliss-reactive ketones (excluding diaryl/α,β-unsaturated/α-hetero) is 1. The van der Waals surface area contributed by atoms with Crippen LogP contribution in [0.15, 0.2) is 30.3 Å². The third-order valence-electron chi connectivity index (χ3n) is 2.77. The Labute approximate surface area is 130 Å². The number of benzene rings is 2. The number of rotatable bonds is 3. The molecule has 0 aliphatic carbocycles. The lowest BCUT2D eigenvalue weighted by Gasteiger charge is -2.07. The maximum Gasteiger partial charge on any atom is 0.167 e. The highest BCUT2D eigenvalue weighted by Gasteiger charge is 2.14. The molecule has 6 heteroatoms. The summed E-state index contributed by atoms with van der Waals surface area (Å²) in [6, 6.07) is 6.98. The van der Waals surface area contributed by atoms with E-state index >= 15 is 0 Å². The Kier molecular flexibility index (Phi) is 4.53. The molecule has 0 aliphatic rings. The van der Waals surface area contributed by atoms with Crippen molar-refractivity contribution in [1.29, 1.82) is 0 Å². The van der Waals surface area contributed by atoms with Crippen molar-refractivity contribution >= 4 is 46.3 Å². The summed E-state index contributed by atoms with van der Waals surface area (Å²) in [4.78, 5) is 12.1. The monoisotopic (exact) mass is 331 g/mol. The van der Waals surface area contributed by atoms with Crippen molar-refractivity contribution in [3.8, 4) is 0 Å². The number of hydrogen-bond acceptors (Lipinski definition) is 2. The molecule has 0 spiro atoms. The van der Waals surface area contributed by atoms with E-state index in [2.05, 4.69) is 0 Å². The van der Waals surface area contributed by atoms with E-state index in [0.717, 1.165) is 6.07 Å². The van der Waals surface area contributed by atoms with Gasteiger partial charge in [-0.15, -0.1) is 0 Å². The van der Waals surface area contributed by atoms with Gasteiger partial charge in [-0.05, 0) is 29.8 Å². The van der Waals surface area contributed by atoms with Crippen LogP contribution in [-0.2, 0) is 6.42 Å². The first-order valence-electron chi connectivity index (χ1n) is 5.60. The summed E-state index contributed by atoms with van der Waals surface area (Å²) < 4.78 is 13.6. The molecule has 0 heterocycles. The fourth-order valence-corrected chi connectivity index (χ4v) is 2.33. The van der Waals surface area contributed by atoms with Gasteiger partial charge in [-0.2, -0.15) is 0 Å². The van der Waals surface area contributed by atoms with Crippen LogP contribution in [0.3, 0.4) is 0 Å². The summed E-state index contributed by atoms with van der Waals surface area (Å²) in [7, 11) is 0.